The standard InChI is InChI=1S/C16H26N2OS/c1-4-12(2)9-13(3)17-10-16(19)18-7-5-15-14(11-18)6-8-20-15/h6,8,12-13,17H,4-5,7,9-11H2,1-3H3. The summed E-state index contributed by atoms with van der Waals surface area (Å²) in [6.45, 7) is 8.79. The number of hydrogen-bond donors (Lipinski definition) is 1. The van der Waals surface area contributed by atoms with Crippen LogP contribution in [0.3, 0.4) is 0 Å². The Morgan fingerprint density at radius 2 is 2.30 bits per heavy atom. The van der Waals surface area contributed by atoms with E-state index in [9.17, 15) is 4.79 Å². The number of carbonyl (C=O) groups is 1. The van der Waals surface area contributed by atoms with Crippen LogP contribution >= 0.6 is 11.3 Å². The Morgan fingerprint density at radius 1 is 1.50 bits per heavy atom. The molecule has 2 heterocycles. The molecule has 0 radical (unpaired) electrons. The predicted octanol–water partition coefficient (Wildman–Crippen LogP) is 3.05. The largest absolute Gasteiger partial charge is 0.337 e. The quantitative estimate of drug-likeness (QED) is 0.874. The van der Waals surface area contributed by atoms with Gasteiger partial charge in [-0.2, -0.15) is 0 Å². The van der Waals surface area contributed by atoms with E-state index in [0.29, 0.717) is 12.6 Å². The molecule has 1 aliphatic rings. The van der Waals surface area contributed by atoms with Crippen molar-refractivity contribution in [2.75, 3.05) is 13.1 Å². The molecule has 0 saturated heterocycles. The fourth-order valence-electron chi connectivity index (χ4n) is 2.69. The maximum atomic E-state index is 12.3. The molecule has 2 rings (SSSR count). The molecule has 4 heteroatoms. The summed E-state index contributed by atoms with van der Waals surface area (Å²) in [7, 11) is 0. The lowest BCUT2D eigenvalue weighted by Gasteiger charge is -2.28. The molecule has 0 bridgehead atoms. The van der Waals surface area contributed by atoms with Gasteiger partial charge in [0.15, 0.2) is 0 Å². The molecule has 0 saturated carbocycles. The van der Waals surface area contributed by atoms with Crippen LogP contribution in [-0.4, -0.2) is 29.9 Å². The number of carbonyl (C=O) groups excluding carboxylic acids is 1. The van der Waals surface area contributed by atoms with Gasteiger partial charge >= 0.3 is 0 Å². The summed E-state index contributed by atoms with van der Waals surface area (Å²) in [5.41, 5.74) is 1.34. The Bertz CT molecular complexity index is 443. The van der Waals surface area contributed by atoms with Crippen molar-refractivity contribution in [2.24, 2.45) is 5.92 Å². The summed E-state index contributed by atoms with van der Waals surface area (Å²) in [5, 5.41) is 5.50. The van der Waals surface area contributed by atoms with Crippen LogP contribution in [0.25, 0.3) is 0 Å². The molecule has 1 aromatic rings. The number of nitrogens with one attached hydrogen (secondary N) is 1. The number of rotatable bonds is 6. The molecule has 0 fully saturated rings. The average Bonchev–Trinajstić information content (AvgIpc) is 2.91. The molecule has 3 nitrogen and oxygen atoms in total. The van der Waals surface area contributed by atoms with Gasteiger partial charge in [0.25, 0.3) is 0 Å². The van der Waals surface area contributed by atoms with Crippen LogP contribution in [0, 0.1) is 5.92 Å². The Balaban J connectivity index is 1.76. The summed E-state index contributed by atoms with van der Waals surface area (Å²) < 4.78 is 0. The highest BCUT2D eigenvalue weighted by Gasteiger charge is 2.21. The van der Waals surface area contributed by atoms with Crippen molar-refractivity contribution in [3.63, 3.8) is 0 Å². The van der Waals surface area contributed by atoms with E-state index in [1.54, 1.807) is 0 Å². The lowest BCUT2D eigenvalue weighted by Crippen LogP contribution is -2.43. The second-order valence-corrected chi connectivity index (χ2v) is 6.97. The van der Waals surface area contributed by atoms with Gasteiger partial charge in [-0.1, -0.05) is 20.3 Å². The Morgan fingerprint density at radius 3 is 3.05 bits per heavy atom. The maximum Gasteiger partial charge on any atom is 0.236 e. The van der Waals surface area contributed by atoms with Crippen molar-refractivity contribution in [2.45, 2.75) is 52.6 Å². The van der Waals surface area contributed by atoms with Crippen molar-refractivity contribution in [1.82, 2.24) is 10.2 Å². The molecule has 2 unspecified atom stereocenters. The average molecular weight is 294 g/mol. The molecule has 1 aliphatic heterocycles. The van der Waals surface area contributed by atoms with Crippen LogP contribution in [0.5, 0.6) is 0 Å². The van der Waals surface area contributed by atoms with Crippen molar-refractivity contribution < 1.29 is 4.79 Å². The summed E-state index contributed by atoms with van der Waals surface area (Å²) in [5.74, 6) is 0.953. The van der Waals surface area contributed by atoms with E-state index < -0.39 is 0 Å². The van der Waals surface area contributed by atoms with Crippen molar-refractivity contribution >= 4 is 17.2 Å². The normalized spacial score (nSPS) is 17.6. The van der Waals surface area contributed by atoms with Gasteiger partial charge in [-0.15, -0.1) is 11.3 Å². The number of fused-ring (bicyclic) bond motifs is 1. The first-order chi connectivity index (χ1) is 9.60. The van der Waals surface area contributed by atoms with Gasteiger partial charge in [0, 0.05) is 24.0 Å². The highest BCUT2D eigenvalue weighted by atomic mass is 32.1. The Kier molecular flexibility index (Phi) is 5.61. The zero-order chi connectivity index (χ0) is 14.5. The fourth-order valence-corrected chi connectivity index (χ4v) is 3.58. The second-order valence-electron chi connectivity index (χ2n) is 5.97. The van der Waals surface area contributed by atoms with Crippen molar-refractivity contribution in [1.29, 1.82) is 0 Å². The molecule has 0 spiro atoms. The molecular weight excluding hydrogens is 268 g/mol. The topological polar surface area (TPSA) is 32.3 Å². The van der Waals surface area contributed by atoms with E-state index in [2.05, 4.69) is 37.5 Å². The van der Waals surface area contributed by atoms with Crippen molar-refractivity contribution in [3.8, 4) is 0 Å². The van der Waals surface area contributed by atoms with E-state index in [1.807, 2.05) is 16.2 Å². The molecule has 2 atom stereocenters. The van der Waals surface area contributed by atoms with Crippen LogP contribution < -0.4 is 5.32 Å². The first kappa shape index (κ1) is 15.5. The van der Waals surface area contributed by atoms with Gasteiger partial charge in [0.2, 0.25) is 5.91 Å². The van der Waals surface area contributed by atoms with Crippen LogP contribution in [-0.2, 0) is 17.8 Å². The summed E-state index contributed by atoms with van der Waals surface area (Å²) in [4.78, 5) is 15.7. The molecule has 0 aromatic carbocycles. The third-order valence-corrected chi connectivity index (χ3v) is 5.24. The summed E-state index contributed by atoms with van der Waals surface area (Å²) in [6.07, 6.45) is 3.35. The minimum atomic E-state index is 0.234. The van der Waals surface area contributed by atoms with Gasteiger partial charge < -0.3 is 10.2 Å². The molecule has 1 amide bonds. The SMILES string of the molecule is CCC(C)CC(C)NCC(=O)N1CCc2sccc2C1. The van der Waals surface area contributed by atoms with E-state index in [-0.39, 0.29) is 5.91 Å². The summed E-state index contributed by atoms with van der Waals surface area (Å²) >= 11 is 1.81. The third-order valence-electron chi connectivity index (χ3n) is 4.21. The molecule has 112 valence electrons. The maximum absolute atomic E-state index is 12.3. The van der Waals surface area contributed by atoms with Crippen LogP contribution in [0.2, 0.25) is 0 Å². The Labute approximate surface area is 126 Å². The summed E-state index contributed by atoms with van der Waals surface area (Å²) in [6, 6.07) is 2.56. The van der Waals surface area contributed by atoms with Gasteiger partial charge in [0.05, 0.1) is 6.54 Å². The number of nitrogens with zero attached hydrogens (tertiary/aromatic N) is 1. The zero-order valence-electron chi connectivity index (χ0n) is 12.8. The second kappa shape index (κ2) is 7.23. The number of thiophene rings is 1. The van der Waals surface area contributed by atoms with Gasteiger partial charge in [-0.05, 0) is 42.7 Å². The van der Waals surface area contributed by atoms with Crippen LogP contribution in [0.4, 0.5) is 0 Å². The van der Waals surface area contributed by atoms with Crippen molar-refractivity contribution in [3.05, 3.63) is 21.9 Å². The smallest absolute Gasteiger partial charge is 0.236 e. The van der Waals surface area contributed by atoms with Crippen LogP contribution in [0.15, 0.2) is 11.4 Å². The van der Waals surface area contributed by atoms with Gasteiger partial charge in [0.1, 0.15) is 0 Å². The predicted molar refractivity (Wildman–Crippen MR) is 85.0 cm³/mol. The highest BCUT2D eigenvalue weighted by Crippen LogP contribution is 2.23. The molecule has 20 heavy (non-hydrogen) atoms. The first-order valence-electron chi connectivity index (χ1n) is 7.66. The van der Waals surface area contributed by atoms with Gasteiger partial charge in [-0.25, -0.2) is 0 Å². The Hall–Kier alpha value is -0.870. The molecular formula is C16H26N2OS. The third kappa shape index (κ3) is 4.06. The highest BCUT2D eigenvalue weighted by molar-refractivity contribution is 7.10. The fraction of sp³-hybridized carbons (Fsp3) is 0.688. The lowest BCUT2D eigenvalue weighted by molar-refractivity contribution is -0.131. The van der Waals surface area contributed by atoms with E-state index in [0.717, 1.165) is 31.8 Å². The molecule has 1 aromatic heterocycles. The zero-order valence-corrected chi connectivity index (χ0v) is 13.6. The number of amides is 1. The molecule has 0 aliphatic carbocycles. The minimum absolute atomic E-state index is 0.234. The first-order valence-corrected chi connectivity index (χ1v) is 8.54. The molecule has 1 N–H and O–H groups in total. The minimum Gasteiger partial charge on any atom is -0.337 e. The van der Waals surface area contributed by atoms with Crippen LogP contribution in [0.1, 0.15) is 44.1 Å². The van der Waals surface area contributed by atoms with E-state index in [1.165, 1.54) is 16.9 Å². The van der Waals surface area contributed by atoms with Gasteiger partial charge in [-0.3, -0.25) is 4.79 Å². The monoisotopic (exact) mass is 294 g/mol. The lowest BCUT2D eigenvalue weighted by atomic mass is 10.0. The van der Waals surface area contributed by atoms with E-state index in [4.69, 9.17) is 0 Å². The number of hydrogen-bond acceptors (Lipinski definition) is 3. The van der Waals surface area contributed by atoms with E-state index >= 15 is 0 Å².